The molecule has 27 heavy (non-hydrogen) atoms. The Balaban J connectivity index is 1.50. The van der Waals surface area contributed by atoms with Crippen LogP contribution in [0, 0.1) is 0 Å². The summed E-state index contributed by atoms with van der Waals surface area (Å²) in [5.41, 5.74) is 2.46. The van der Waals surface area contributed by atoms with Crippen LogP contribution in [0.4, 0.5) is 0 Å². The molecule has 1 saturated heterocycles. The largest absolute Gasteiger partial charge is 0.491 e. The second kappa shape index (κ2) is 10.5. The van der Waals surface area contributed by atoms with Gasteiger partial charge in [0.1, 0.15) is 18.5 Å². The van der Waals surface area contributed by atoms with E-state index < -0.39 is 6.10 Å². The van der Waals surface area contributed by atoms with Gasteiger partial charge in [-0.25, -0.2) is 0 Å². The number of likely N-dealkylation sites (tertiary alicyclic amines) is 1. The van der Waals surface area contributed by atoms with Gasteiger partial charge < -0.3 is 14.7 Å². The smallest absolute Gasteiger partial charge is 0.123 e. The highest BCUT2D eigenvalue weighted by molar-refractivity contribution is 5.33. The maximum absolute atomic E-state index is 10.4. The number of ether oxygens (including phenoxy) is 1. The normalized spacial score (nSPS) is 16.4. The number of hydrogen-bond donors (Lipinski definition) is 1. The number of hydrogen-bond acceptors (Lipinski definition) is 4. The molecule has 1 fully saturated rings. The third kappa shape index (κ3) is 6.65. The van der Waals surface area contributed by atoms with E-state index in [1.165, 1.54) is 24.8 Å². The van der Waals surface area contributed by atoms with Crippen molar-refractivity contribution >= 4 is 0 Å². The van der Waals surface area contributed by atoms with Crippen LogP contribution in [0.5, 0.6) is 5.75 Å². The van der Waals surface area contributed by atoms with Crippen LogP contribution in [0.2, 0.25) is 0 Å². The van der Waals surface area contributed by atoms with Crippen LogP contribution in [0.1, 0.15) is 30.4 Å². The van der Waals surface area contributed by atoms with E-state index in [1.807, 2.05) is 24.3 Å². The fourth-order valence-corrected chi connectivity index (χ4v) is 3.70. The highest BCUT2D eigenvalue weighted by Crippen LogP contribution is 2.21. The number of nitrogens with zero attached hydrogens (tertiary/aromatic N) is 2. The van der Waals surface area contributed by atoms with Crippen molar-refractivity contribution in [2.24, 2.45) is 0 Å². The topological polar surface area (TPSA) is 35.9 Å². The number of para-hydroxylation sites is 1. The average Bonchev–Trinajstić information content (AvgIpc) is 2.69. The summed E-state index contributed by atoms with van der Waals surface area (Å²) in [7, 11) is 2.12. The molecule has 0 bridgehead atoms. The SMILES string of the molecule is CN(Cc1ccccc1)Cc1ccccc1OC[C@H](O)CN1CCCCC1. The van der Waals surface area contributed by atoms with Gasteiger partial charge in [-0.15, -0.1) is 0 Å². The number of aliphatic hydroxyl groups is 1. The monoisotopic (exact) mass is 368 g/mol. The van der Waals surface area contributed by atoms with Crippen molar-refractivity contribution in [3.8, 4) is 5.75 Å². The van der Waals surface area contributed by atoms with Crippen molar-refractivity contribution in [3.05, 3.63) is 65.7 Å². The highest BCUT2D eigenvalue weighted by Gasteiger charge is 2.16. The average molecular weight is 369 g/mol. The summed E-state index contributed by atoms with van der Waals surface area (Å²) in [6.45, 7) is 4.95. The van der Waals surface area contributed by atoms with Gasteiger partial charge in [-0.1, -0.05) is 55.0 Å². The molecule has 0 unspecified atom stereocenters. The van der Waals surface area contributed by atoms with Gasteiger partial charge in [0.15, 0.2) is 0 Å². The van der Waals surface area contributed by atoms with Crippen molar-refractivity contribution in [2.75, 3.05) is 33.3 Å². The minimum absolute atomic E-state index is 0.343. The molecule has 1 aliphatic heterocycles. The van der Waals surface area contributed by atoms with Crippen molar-refractivity contribution in [2.45, 2.75) is 38.5 Å². The molecule has 1 aliphatic rings. The predicted octanol–water partition coefficient (Wildman–Crippen LogP) is 3.54. The first kappa shape index (κ1) is 19.9. The Morgan fingerprint density at radius 2 is 1.67 bits per heavy atom. The first-order valence-electron chi connectivity index (χ1n) is 10.0. The van der Waals surface area contributed by atoms with Gasteiger partial charge >= 0.3 is 0 Å². The number of β-amino-alcohol motifs (C(OH)–C–C–N with tert-alkyl or cyclic N) is 1. The van der Waals surface area contributed by atoms with Crippen LogP contribution >= 0.6 is 0 Å². The minimum Gasteiger partial charge on any atom is -0.491 e. The van der Waals surface area contributed by atoms with Crippen LogP contribution in [0.25, 0.3) is 0 Å². The van der Waals surface area contributed by atoms with Gasteiger partial charge in [0.25, 0.3) is 0 Å². The van der Waals surface area contributed by atoms with Crippen LogP contribution in [-0.2, 0) is 13.1 Å². The fraction of sp³-hybridized carbons (Fsp3) is 0.478. The van der Waals surface area contributed by atoms with Gasteiger partial charge in [0.2, 0.25) is 0 Å². The first-order valence-corrected chi connectivity index (χ1v) is 10.0. The molecule has 2 aromatic rings. The molecule has 1 atom stereocenters. The second-order valence-electron chi connectivity index (χ2n) is 7.59. The van der Waals surface area contributed by atoms with Gasteiger partial charge in [0, 0.05) is 25.2 Å². The lowest BCUT2D eigenvalue weighted by Crippen LogP contribution is -2.38. The molecule has 4 heteroatoms. The van der Waals surface area contributed by atoms with E-state index in [1.54, 1.807) is 0 Å². The molecule has 1 heterocycles. The second-order valence-corrected chi connectivity index (χ2v) is 7.59. The van der Waals surface area contributed by atoms with Crippen molar-refractivity contribution in [1.82, 2.24) is 9.80 Å². The Morgan fingerprint density at radius 3 is 2.44 bits per heavy atom. The van der Waals surface area contributed by atoms with Gasteiger partial charge in [0.05, 0.1) is 0 Å². The number of rotatable bonds is 9. The zero-order valence-corrected chi connectivity index (χ0v) is 16.4. The lowest BCUT2D eigenvalue weighted by Gasteiger charge is -2.28. The molecule has 0 radical (unpaired) electrons. The van der Waals surface area contributed by atoms with Gasteiger partial charge in [-0.05, 0) is 44.6 Å². The molecule has 146 valence electrons. The summed E-state index contributed by atoms with van der Waals surface area (Å²) < 4.78 is 5.99. The Kier molecular flexibility index (Phi) is 7.69. The van der Waals surface area contributed by atoms with Crippen molar-refractivity contribution in [3.63, 3.8) is 0 Å². The van der Waals surface area contributed by atoms with Gasteiger partial charge in [-0.3, -0.25) is 4.90 Å². The van der Waals surface area contributed by atoms with E-state index in [0.29, 0.717) is 13.2 Å². The van der Waals surface area contributed by atoms with E-state index in [9.17, 15) is 5.11 Å². The fourth-order valence-electron chi connectivity index (χ4n) is 3.70. The molecule has 1 N–H and O–H groups in total. The molecule has 4 nitrogen and oxygen atoms in total. The maximum atomic E-state index is 10.4. The molecule has 2 aromatic carbocycles. The van der Waals surface area contributed by atoms with Crippen LogP contribution in [0.15, 0.2) is 54.6 Å². The summed E-state index contributed by atoms with van der Waals surface area (Å²) in [6.07, 6.45) is 3.35. The summed E-state index contributed by atoms with van der Waals surface area (Å²) in [6, 6.07) is 18.6. The summed E-state index contributed by atoms with van der Waals surface area (Å²) in [4.78, 5) is 4.62. The van der Waals surface area contributed by atoms with Gasteiger partial charge in [-0.2, -0.15) is 0 Å². The van der Waals surface area contributed by atoms with E-state index in [-0.39, 0.29) is 0 Å². The van der Waals surface area contributed by atoms with E-state index in [2.05, 4.69) is 47.2 Å². The Hall–Kier alpha value is -1.88. The number of aliphatic hydroxyl groups excluding tert-OH is 1. The number of benzene rings is 2. The van der Waals surface area contributed by atoms with Crippen LogP contribution in [0.3, 0.4) is 0 Å². The van der Waals surface area contributed by atoms with Crippen LogP contribution in [-0.4, -0.2) is 54.3 Å². The Morgan fingerprint density at radius 1 is 0.963 bits per heavy atom. The Labute approximate surface area is 163 Å². The summed E-state index contributed by atoms with van der Waals surface area (Å²) in [5, 5.41) is 10.4. The molecular formula is C23H32N2O2. The highest BCUT2D eigenvalue weighted by atomic mass is 16.5. The molecular weight excluding hydrogens is 336 g/mol. The molecule has 3 rings (SSSR count). The van der Waals surface area contributed by atoms with E-state index >= 15 is 0 Å². The summed E-state index contributed by atoms with van der Waals surface area (Å²) in [5.74, 6) is 0.870. The minimum atomic E-state index is -0.446. The van der Waals surface area contributed by atoms with Crippen molar-refractivity contribution in [1.29, 1.82) is 0 Å². The Bertz CT molecular complexity index is 671. The number of piperidine rings is 1. The summed E-state index contributed by atoms with van der Waals surface area (Å²) >= 11 is 0. The molecule has 0 amide bonds. The molecule has 0 aliphatic carbocycles. The standard InChI is InChI=1S/C23H32N2O2/c1-24(16-20-10-4-2-5-11-20)17-21-12-6-7-13-23(21)27-19-22(26)18-25-14-8-3-9-15-25/h2,4-7,10-13,22,26H,3,8-9,14-19H2,1H3/t22-/m1/s1. The van der Waals surface area contributed by atoms with E-state index in [0.717, 1.165) is 37.5 Å². The predicted molar refractivity (Wildman–Crippen MR) is 110 cm³/mol. The maximum Gasteiger partial charge on any atom is 0.123 e. The van der Waals surface area contributed by atoms with E-state index in [4.69, 9.17) is 4.74 Å². The quantitative estimate of drug-likeness (QED) is 0.734. The lowest BCUT2D eigenvalue weighted by molar-refractivity contribution is 0.0612. The molecule has 0 aromatic heterocycles. The lowest BCUT2D eigenvalue weighted by atomic mass is 10.1. The zero-order chi connectivity index (χ0) is 18.9. The zero-order valence-electron chi connectivity index (χ0n) is 16.4. The molecule has 0 spiro atoms. The van der Waals surface area contributed by atoms with Crippen molar-refractivity contribution < 1.29 is 9.84 Å². The van der Waals surface area contributed by atoms with Crippen LogP contribution < -0.4 is 4.74 Å². The molecule has 0 saturated carbocycles. The third-order valence-electron chi connectivity index (χ3n) is 5.06. The first-order chi connectivity index (χ1) is 13.2. The third-order valence-corrected chi connectivity index (χ3v) is 5.06.